The lowest BCUT2D eigenvalue weighted by Gasteiger charge is -2.29. The largest absolute Gasteiger partial charge is 0.573 e. The van der Waals surface area contributed by atoms with E-state index in [1.54, 1.807) is 0 Å². The van der Waals surface area contributed by atoms with Crippen LogP contribution in [0.3, 0.4) is 0 Å². The Morgan fingerprint density at radius 2 is 2.13 bits per heavy atom. The summed E-state index contributed by atoms with van der Waals surface area (Å²) in [6.45, 7) is 4.53. The molecule has 2 amide bonds. The van der Waals surface area contributed by atoms with E-state index in [1.807, 2.05) is 0 Å². The minimum Gasteiger partial charge on any atom is -0.406 e. The molecular formula is C18H23F3N4O4S. The second kappa shape index (κ2) is 10.2. The summed E-state index contributed by atoms with van der Waals surface area (Å²) in [6, 6.07) is 3.58. The van der Waals surface area contributed by atoms with Crippen LogP contribution in [0, 0.1) is 0 Å². The number of nitrogens with one attached hydrogen (secondary N) is 1. The van der Waals surface area contributed by atoms with Crippen molar-refractivity contribution in [2.24, 2.45) is 0 Å². The van der Waals surface area contributed by atoms with Gasteiger partial charge in [0, 0.05) is 45.9 Å². The van der Waals surface area contributed by atoms with Crippen LogP contribution in [-0.2, 0) is 9.47 Å². The summed E-state index contributed by atoms with van der Waals surface area (Å²) >= 11 is 1.13. The molecule has 0 saturated carbocycles. The van der Waals surface area contributed by atoms with Crippen LogP contribution < -0.4 is 15.0 Å². The van der Waals surface area contributed by atoms with Crippen molar-refractivity contribution in [3.8, 4) is 5.75 Å². The summed E-state index contributed by atoms with van der Waals surface area (Å²) in [5, 5.41) is 3.17. The molecule has 12 heteroatoms. The van der Waals surface area contributed by atoms with Gasteiger partial charge in [0.15, 0.2) is 5.13 Å². The maximum Gasteiger partial charge on any atom is 0.573 e. The van der Waals surface area contributed by atoms with Crippen LogP contribution in [0.2, 0.25) is 0 Å². The number of benzene rings is 1. The van der Waals surface area contributed by atoms with Crippen LogP contribution in [0.4, 0.5) is 23.1 Å². The van der Waals surface area contributed by atoms with E-state index in [4.69, 9.17) is 9.47 Å². The molecule has 0 unspecified atom stereocenters. The van der Waals surface area contributed by atoms with Crippen molar-refractivity contribution < 1.29 is 32.2 Å². The Bertz CT molecular complexity index is 842. The molecule has 0 atom stereocenters. The Kier molecular flexibility index (Phi) is 7.69. The highest BCUT2D eigenvalue weighted by Crippen LogP contribution is 2.33. The van der Waals surface area contributed by atoms with Crippen molar-refractivity contribution in [1.29, 1.82) is 0 Å². The van der Waals surface area contributed by atoms with Crippen LogP contribution in [-0.4, -0.2) is 81.9 Å². The van der Waals surface area contributed by atoms with Crippen molar-refractivity contribution >= 4 is 32.7 Å². The van der Waals surface area contributed by atoms with Crippen LogP contribution in [0.25, 0.3) is 10.2 Å². The number of alkyl halides is 3. The standard InChI is InChI=1S/C18H23F3N4O4S/c1-27-9-4-22-16(26)25(6-5-24-7-10-28-11-8-24)17-23-14-3-2-13(12-15(14)30-17)29-18(19,20)21/h2-3,12H,4-11H2,1H3,(H,22,26). The van der Waals surface area contributed by atoms with Crippen molar-refractivity contribution in [1.82, 2.24) is 15.2 Å². The molecule has 166 valence electrons. The lowest BCUT2D eigenvalue weighted by atomic mass is 10.3. The number of thiazole rings is 1. The SMILES string of the molecule is COCCNC(=O)N(CCN1CCOCC1)c1nc2ccc(OC(F)(F)F)cc2s1. The fraction of sp³-hybridized carbons (Fsp3) is 0.556. The predicted molar refractivity (Wildman–Crippen MR) is 106 cm³/mol. The molecule has 8 nitrogen and oxygen atoms in total. The van der Waals surface area contributed by atoms with Gasteiger partial charge in [-0.3, -0.25) is 9.80 Å². The van der Waals surface area contributed by atoms with Crippen molar-refractivity contribution in [3.63, 3.8) is 0 Å². The van der Waals surface area contributed by atoms with Gasteiger partial charge in [0.05, 0.1) is 30.0 Å². The topological polar surface area (TPSA) is 76.2 Å². The first-order valence-electron chi connectivity index (χ1n) is 9.36. The van der Waals surface area contributed by atoms with Crippen LogP contribution in [0.15, 0.2) is 18.2 Å². The van der Waals surface area contributed by atoms with Gasteiger partial charge in [0.1, 0.15) is 5.75 Å². The van der Waals surface area contributed by atoms with Gasteiger partial charge < -0.3 is 19.5 Å². The van der Waals surface area contributed by atoms with E-state index >= 15 is 0 Å². The van der Waals surface area contributed by atoms with E-state index in [9.17, 15) is 18.0 Å². The molecule has 1 saturated heterocycles. The first-order valence-corrected chi connectivity index (χ1v) is 10.2. The molecule has 2 heterocycles. The smallest absolute Gasteiger partial charge is 0.406 e. The molecular weight excluding hydrogens is 425 g/mol. The number of morpholine rings is 1. The first kappa shape index (κ1) is 22.5. The summed E-state index contributed by atoms with van der Waals surface area (Å²) < 4.78 is 52.2. The zero-order valence-corrected chi connectivity index (χ0v) is 17.2. The number of aromatic nitrogens is 1. The monoisotopic (exact) mass is 448 g/mol. The molecule has 1 fully saturated rings. The van der Waals surface area contributed by atoms with Gasteiger partial charge in [0.25, 0.3) is 0 Å². The van der Waals surface area contributed by atoms with Gasteiger partial charge in [-0.2, -0.15) is 0 Å². The molecule has 0 bridgehead atoms. The summed E-state index contributed by atoms with van der Waals surface area (Å²) in [4.78, 5) is 20.9. The number of nitrogens with zero attached hydrogens (tertiary/aromatic N) is 3. The summed E-state index contributed by atoms with van der Waals surface area (Å²) in [5.74, 6) is -0.324. The Balaban J connectivity index is 1.77. The lowest BCUT2D eigenvalue weighted by Crippen LogP contribution is -2.47. The van der Waals surface area contributed by atoms with Gasteiger partial charge in [-0.15, -0.1) is 13.2 Å². The number of methoxy groups -OCH3 is 1. The lowest BCUT2D eigenvalue weighted by molar-refractivity contribution is -0.274. The van der Waals surface area contributed by atoms with Crippen molar-refractivity contribution in [2.45, 2.75) is 6.36 Å². The fourth-order valence-corrected chi connectivity index (χ4v) is 3.93. The highest BCUT2D eigenvalue weighted by Gasteiger charge is 2.31. The average molecular weight is 448 g/mol. The molecule has 0 radical (unpaired) electrons. The second-order valence-corrected chi connectivity index (χ2v) is 7.51. The average Bonchev–Trinajstić information content (AvgIpc) is 3.11. The van der Waals surface area contributed by atoms with Gasteiger partial charge in [-0.05, 0) is 12.1 Å². The highest BCUT2D eigenvalue weighted by molar-refractivity contribution is 7.22. The third-order valence-corrected chi connectivity index (χ3v) is 5.43. The first-order chi connectivity index (χ1) is 14.4. The minimum atomic E-state index is -4.77. The van der Waals surface area contributed by atoms with E-state index in [0.29, 0.717) is 54.8 Å². The minimum absolute atomic E-state index is 0.324. The zero-order chi connectivity index (χ0) is 21.6. The number of amides is 2. The number of carbonyl (C=O) groups is 1. The number of fused-ring (bicyclic) bond motifs is 1. The number of urea groups is 1. The number of hydrogen-bond acceptors (Lipinski definition) is 7. The Morgan fingerprint density at radius 1 is 1.37 bits per heavy atom. The number of ether oxygens (including phenoxy) is 3. The van der Waals surface area contributed by atoms with Crippen LogP contribution in [0.5, 0.6) is 5.75 Å². The summed E-state index contributed by atoms with van der Waals surface area (Å²) in [5.41, 5.74) is 0.491. The fourth-order valence-electron chi connectivity index (χ4n) is 2.91. The number of hydrogen-bond donors (Lipinski definition) is 1. The Hall–Kier alpha value is -2.15. The van der Waals surface area contributed by atoms with Gasteiger partial charge >= 0.3 is 12.4 Å². The van der Waals surface area contributed by atoms with Crippen LogP contribution >= 0.6 is 11.3 Å². The van der Waals surface area contributed by atoms with E-state index in [1.165, 1.54) is 30.2 Å². The molecule has 1 N–H and O–H groups in total. The third-order valence-electron chi connectivity index (χ3n) is 4.38. The highest BCUT2D eigenvalue weighted by atomic mass is 32.1. The molecule has 1 aromatic carbocycles. The van der Waals surface area contributed by atoms with Crippen molar-refractivity contribution in [2.75, 3.05) is 64.6 Å². The third kappa shape index (κ3) is 6.42. The quantitative estimate of drug-likeness (QED) is 0.626. The van der Waals surface area contributed by atoms with Gasteiger partial charge in [0.2, 0.25) is 0 Å². The van der Waals surface area contributed by atoms with E-state index in [-0.39, 0.29) is 11.8 Å². The van der Waals surface area contributed by atoms with Crippen LogP contribution in [0.1, 0.15) is 0 Å². The number of rotatable bonds is 8. The van der Waals surface area contributed by atoms with Gasteiger partial charge in [-0.25, -0.2) is 9.78 Å². The maximum absolute atomic E-state index is 12.7. The molecule has 3 rings (SSSR count). The Labute approximate surface area is 175 Å². The normalized spacial score (nSPS) is 15.3. The molecule has 1 aliphatic rings. The van der Waals surface area contributed by atoms with Gasteiger partial charge in [-0.1, -0.05) is 11.3 Å². The molecule has 2 aromatic rings. The second-order valence-electron chi connectivity index (χ2n) is 6.50. The van der Waals surface area contributed by atoms with E-state index in [2.05, 4.69) is 19.9 Å². The van der Waals surface area contributed by atoms with E-state index in [0.717, 1.165) is 24.4 Å². The molecule has 0 spiro atoms. The summed E-state index contributed by atoms with van der Waals surface area (Å²) in [7, 11) is 1.54. The number of halogens is 3. The number of carbonyl (C=O) groups excluding carboxylic acids is 1. The molecule has 1 aliphatic heterocycles. The Morgan fingerprint density at radius 3 is 2.83 bits per heavy atom. The van der Waals surface area contributed by atoms with E-state index < -0.39 is 6.36 Å². The molecule has 1 aromatic heterocycles. The molecule has 0 aliphatic carbocycles. The maximum atomic E-state index is 12.7. The summed E-state index contributed by atoms with van der Waals surface area (Å²) in [6.07, 6.45) is -4.77. The van der Waals surface area contributed by atoms with Crippen molar-refractivity contribution in [3.05, 3.63) is 18.2 Å². The number of anilines is 1. The zero-order valence-electron chi connectivity index (χ0n) is 16.4. The molecule has 30 heavy (non-hydrogen) atoms. The predicted octanol–water partition coefficient (Wildman–Crippen LogP) is 2.69.